The van der Waals surface area contributed by atoms with Crippen LogP contribution in [0.1, 0.15) is 35.1 Å². The second kappa shape index (κ2) is 7.27. The molecule has 3 aromatic rings. The van der Waals surface area contributed by atoms with E-state index in [4.69, 9.17) is 4.74 Å². The minimum Gasteiger partial charge on any atom is -0.497 e. The summed E-state index contributed by atoms with van der Waals surface area (Å²) in [5.41, 5.74) is 2.76. The molecule has 138 valence electrons. The van der Waals surface area contributed by atoms with Gasteiger partial charge >= 0.3 is 0 Å². The molecule has 1 aliphatic carbocycles. The summed E-state index contributed by atoms with van der Waals surface area (Å²) in [5.74, 6) is 2.15. The molecule has 1 unspecified atom stereocenters. The molecule has 1 amide bonds. The van der Waals surface area contributed by atoms with Crippen LogP contribution in [0.25, 0.3) is 11.1 Å². The molecule has 0 saturated heterocycles. The Balaban J connectivity index is 1.51. The number of aryl methyl sites for hydroxylation is 1. The molecule has 27 heavy (non-hydrogen) atoms. The van der Waals surface area contributed by atoms with E-state index in [9.17, 15) is 4.79 Å². The van der Waals surface area contributed by atoms with Crippen molar-refractivity contribution in [2.45, 2.75) is 18.9 Å². The van der Waals surface area contributed by atoms with Gasteiger partial charge in [0.05, 0.1) is 13.2 Å². The first-order chi connectivity index (χ1) is 13.2. The third-order valence-electron chi connectivity index (χ3n) is 5.07. The summed E-state index contributed by atoms with van der Waals surface area (Å²) in [6.45, 7) is 0. The number of methoxy groups -OCH3 is 1. The van der Waals surface area contributed by atoms with Crippen LogP contribution in [0.5, 0.6) is 5.75 Å². The number of nitrogens with one attached hydrogen (secondary N) is 1. The maximum absolute atomic E-state index is 12.8. The molecule has 1 fully saturated rings. The first-order valence-electron chi connectivity index (χ1n) is 9.18. The molecule has 0 aliphatic heterocycles. The largest absolute Gasteiger partial charge is 0.497 e. The van der Waals surface area contributed by atoms with Crippen molar-refractivity contribution in [3.05, 3.63) is 72.3 Å². The number of ether oxygens (including phenoxy) is 1. The van der Waals surface area contributed by atoms with Gasteiger partial charge in [-0.15, -0.1) is 0 Å². The third kappa shape index (κ3) is 3.72. The Morgan fingerprint density at radius 2 is 1.96 bits per heavy atom. The topological polar surface area (TPSA) is 56.1 Å². The summed E-state index contributed by atoms with van der Waals surface area (Å²) in [7, 11) is 3.62. The predicted molar refractivity (Wildman–Crippen MR) is 105 cm³/mol. The number of nitrogens with zero attached hydrogens (tertiary/aromatic N) is 2. The lowest BCUT2D eigenvalue weighted by molar-refractivity contribution is 0.0929. The Bertz CT molecular complexity index is 942. The Labute approximate surface area is 159 Å². The summed E-state index contributed by atoms with van der Waals surface area (Å²) >= 11 is 0. The van der Waals surface area contributed by atoms with Gasteiger partial charge in [0.1, 0.15) is 11.6 Å². The van der Waals surface area contributed by atoms with Gasteiger partial charge in [0.25, 0.3) is 5.91 Å². The van der Waals surface area contributed by atoms with Crippen LogP contribution in [0.3, 0.4) is 0 Å². The highest BCUT2D eigenvalue weighted by Gasteiger charge is 2.35. The van der Waals surface area contributed by atoms with Crippen molar-refractivity contribution in [1.82, 2.24) is 14.9 Å². The molecule has 1 atom stereocenters. The highest BCUT2D eigenvalue weighted by molar-refractivity contribution is 5.95. The molecule has 0 radical (unpaired) electrons. The van der Waals surface area contributed by atoms with Gasteiger partial charge in [0.15, 0.2) is 0 Å². The summed E-state index contributed by atoms with van der Waals surface area (Å²) in [6, 6.07) is 15.5. The standard InChI is InChI=1S/C22H23N3O2/c1-25-13-12-23-21(25)20(16-8-9-16)24-22(26)17-10-6-15(7-11-17)18-4-3-5-19(14-18)27-2/h3-7,10-14,16,20H,8-9H2,1-2H3,(H,24,26). The second-order valence-corrected chi connectivity index (χ2v) is 6.99. The van der Waals surface area contributed by atoms with Gasteiger partial charge in [0, 0.05) is 25.0 Å². The van der Waals surface area contributed by atoms with Crippen LogP contribution in [0, 0.1) is 5.92 Å². The summed E-state index contributed by atoms with van der Waals surface area (Å²) in [4.78, 5) is 17.2. The van der Waals surface area contributed by atoms with E-state index >= 15 is 0 Å². The molecule has 1 heterocycles. The fraction of sp³-hybridized carbons (Fsp3) is 0.273. The van der Waals surface area contributed by atoms with Crippen LogP contribution in [-0.4, -0.2) is 22.6 Å². The molecule has 4 rings (SSSR count). The lowest BCUT2D eigenvalue weighted by Crippen LogP contribution is -2.31. The van der Waals surface area contributed by atoms with Gasteiger partial charge in [-0.1, -0.05) is 24.3 Å². The van der Waals surface area contributed by atoms with Crippen molar-refractivity contribution >= 4 is 5.91 Å². The highest BCUT2D eigenvalue weighted by Crippen LogP contribution is 2.40. The van der Waals surface area contributed by atoms with Gasteiger partial charge in [-0.3, -0.25) is 4.79 Å². The molecule has 1 aromatic heterocycles. The fourth-order valence-electron chi connectivity index (χ4n) is 3.34. The zero-order valence-electron chi connectivity index (χ0n) is 15.6. The fourth-order valence-corrected chi connectivity index (χ4v) is 3.34. The van der Waals surface area contributed by atoms with Crippen LogP contribution >= 0.6 is 0 Å². The number of carbonyl (C=O) groups is 1. The maximum Gasteiger partial charge on any atom is 0.251 e. The lowest BCUT2D eigenvalue weighted by Gasteiger charge is -2.18. The molecule has 5 heteroatoms. The number of hydrogen-bond donors (Lipinski definition) is 1. The van der Waals surface area contributed by atoms with Gasteiger partial charge in [-0.05, 0) is 54.2 Å². The van der Waals surface area contributed by atoms with Crippen LogP contribution in [0.4, 0.5) is 0 Å². The molecular formula is C22H23N3O2. The van der Waals surface area contributed by atoms with E-state index in [1.807, 2.05) is 66.3 Å². The quantitative estimate of drug-likeness (QED) is 0.723. The average Bonchev–Trinajstić information content (AvgIpc) is 3.47. The van der Waals surface area contributed by atoms with Crippen molar-refractivity contribution in [1.29, 1.82) is 0 Å². The van der Waals surface area contributed by atoms with Crippen molar-refractivity contribution in [2.24, 2.45) is 13.0 Å². The van der Waals surface area contributed by atoms with Crippen LogP contribution in [0.2, 0.25) is 0 Å². The average molecular weight is 361 g/mol. The molecule has 1 aliphatic rings. The van der Waals surface area contributed by atoms with E-state index in [-0.39, 0.29) is 11.9 Å². The zero-order chi connectivity index (χ0) is 18.8. The maximum atomic E-state index is 12.8. The number of carbonyl (C=O) groups excluding carboxylic acids is 1. The van der Waals surface area contributed by atoms with Gasteiger partial charge in [-0.25, -0.2) is 4.98 Å². The van der Waals surface area contributed by atoms with E-state index in [0.29, 0.717) is 11.5 Å². The molecule has 0 spiro atoms. The van der Waals surface area contributed by atoms with Crippen molar-refractivity contribution < 1.29 is 9.53 Å². The Morgan fingerprint density at radius 1 is 1.19 bits per heavy atom. The summed E-state index contributed by atoms with van der Waals surface area (Å²) in [5, 5.41) is 3.17. The lowest BCUT2D eigenvalue weighted by atomic mass is 10.0. The number of imidazole rings is 1. The van der Waals surface area contributed by atoms with E-state index in [0.717, 1.165) is 35.5 Å². The smallest absolute Gasteiger partial charge is 0.251 e. The van der Waals surface area contributed by atoms with E-state index in [1.165, 1.54) is 0 Å². The highest BCUT2D eigenvalue weighted by atomic mass is 16.5. The van der Waals surface area contributed by atoms with Gasteiger partial charge in [0.2, 0.25) is 0 Å². The van der Waals surface area contributed by atoms with E-state index in [1.54, 1.807) is 13.3 Å². The molecule has 1 saturated carbocycles. The van der Waals surface area contributed by atoms with Crippen LogP contribution < -0.4 is 10.1 Å². The van der Waals surface area contributed by atoms with Crippen LogP contribution in [-0.2, 0) is 7.05 Å². The Morgan fingerprint density at radius 3 is 2.59 bits per heavy atom. The Hall–Kier alpha value is -3.08. The van der Waals surface area contributed by atoms with E-state index in [2.05, 4.69) is 10.3 Å². The number of aromatic nitrogens is 2. The van der Waals surface area contributed by atoms with Crippen LogP contribution in [0.15, 0.2) is 60.9 Å². The molecule has 1 N–H and O–H groups in total. The Kier molecular flexibility index (Phi) is 4.67. The minimum atomic E-state index is -0.0629. The van der Waals surface area contributed by atoms with Gasteiger partial charge < -0.3 is 14.6 Å². The number of rotatable bonds is 6. The second-order valence-electron chi connectivity index (χ2n) is 6.99. The number of hydrogen-bond acceptors (Lipinski definition) is 3. The summed E-state index contributed by atoms with van der Waals surface area (Å²) in [6.07, 6.45) is 5.96. The summed E-state index contributed by atoms with van der Waals surface area (Å²) < 4.78 is 7.26. The molecule has 0 bridgehead atoms. The zero-order valence-corrected chi connectivity index (χ0v) is 15.6. The SMILES string of the molecule is COc1cccc(-c2ccc(C(=O)NC(c3nccn3C)C3CC3)cc2)c1. The predicted octanol–water partition coefficient (Wildman–Crippen LogP) is 3.98. The third-order valence-corrected chi connectivity index (χ3v) is 5.07. The molecule has 5 nitrogen and oxygen atoms in total. The monoisotopic (exact) mass is 361 g/mol. The first kappa shape index (κ1) is 17.3. The normalized spacial score (nSPS) is 14.6. The van der Waals surface area contributed by atoms with Crippen molar-refractivity contribution in [2.75, 3.05) is 7.11 Å². The first-order valence-corrected chi connectivity index (χ1v) is 9.18. The minimum absolute atomic E-state index is 0.0319. The van der Waals surface area contributed by atoms with Gasteiger partial charge in [-0.2, -0.15) is 0 Å². The van der Waals surface area contributed by atoms with Crippen molar-refractivity contribution in [3.8, 4) is 16.9 Å². The number of benzene rings is 2. The molecular weight excluding hydrogens is 338 g/mol. The molecule has 2 aromatic carbocycles. The number of amides is 1. The van der Waals surface area contributed by atoms with E-state index < -0.39 is 0 Å². The van der Waals surface area contributed by atoms with Crippen molar-refractivity contribution in [3.63, 3.8) is 0 Å².